The lowest BCUT2D eigenvalue weighted by atomic mass is 10.2. The van der Waals surface area contributed by atoms with Crippen molar-refractivity contribution in [2.75, 3.05) is 0 Å². The Bertz CT molecular complexity index is 420. The number of halogens is 6. The molecule has 0 spiro atoms. The molecule has 0 saturated heterocycles. The van der Waals surface area contributed by atoms with E-state index in [2.05, 4.69) is 0 Å². The van der Waals surface area contributed by atoms with Crippen molar-refractivity contribution in [2.24, 2.45) is 0 Å². The van der Waals surface area contributed by atoms with Crippen molar-refractivity contribution in [2.45, 2.75) is 12.6 Å². The molecule has 0 aliphatic carbocycles. The third kappa shape index (κ3) is 2.31. The van der Waals surface area contributed by atoms with E-state index in [1.807, 2.05) is 0 Å². The molecule has 0 aliphatic heterocycles. The summed E-state index contributed by atoms with van der Waals surface area (Å²) < 4.78 is 73.2. The maximum atomic E-state index is 12.7. The molecule has 1 N–H and O–H groups in total. The van der Waals surface area contributed by atoms with Gasteiger partial charge in [-0.1, -0.05) is 0 Å². The largest absolute Gasteiger partial charge is 0.431 e. The van der Waals surface area contributed by atoms with E-state index in [4.69, 9.17) is 0 Å². The van der Waals surface area contributed by atoms with Gasteiger partial charge < -0.3 is 4.98 Å². The van der Waals surface area contributed by atoms with E-state index >= 15 is 0 Å². The molecule has 0 atom stereocenters. The van der Waals surface area contributed by atoms with E-state index < -0.39 is 35.2 Å². The highest BCUT2D eigenvalue weighted by Crippen LogP contribution is 2.35. The Morgan fingerprint density at radius 3 is 2.20 bits per heavy atom. The molecule has 0 aromatic carbocycles. The molecule has 1 aromatic heterocycles. The van der Waals surface area contributed by atoms with Crippen LogP contribution in [0.25, 0.3) is 0 Å². The lowest BCUT2D eigenvalue weighted by Gasteiger charge is -2.11. The number of pyridine rings is 1. The van der Waals surface area contributed by atoms with Gasteiger partial charge in [0.1, 0.15) is 11.5 Å². The fourth-order valence-corrected chi connectivity index (χ4v) is 0.976. The Hall–Kier alpha value is -1.47. The zero-order chi connectivity index (χ0) is 11.8. The van der Waals surface area contributed by atoms with Crippen LogP contribution in [0.3, 0.4) is 0 Å². The predicted octanol–water partition coefficient (Wildman–Crippen LogP) is 2.47. The van der Waals surface area contributed by atoms with Crippen molar-refractivity contribution in [1.29, 1.82) is 0 Å². The summed E-state index contributed by atoms with van der Waals surface area (Å²) in [5.41, 5.74) is -5.33. The minimum Gasteiger partial charge on any atom is -0.318 e. The van der Waals surface area contributed by atoms with E-state index in [-0.39, 0.29) is 6.07 Å². The first kappa shape index (κ1) is 11.6. The molecule has 84 valence electrons. The van der Waals surface area contributed by atoms with Crippen LogP contribution in [-0.4, -0.2) is 4.98 Å². The van der Waals surface area contributed by atoms with E-state index in [0.29, 0.717) is 0 Å². The number of nitrogens with one attached hydrogen (secondary N) is 1. The third-order valence-corrected chi connectivity index (χ3v) is 1.53. The second-order valence-electron chi connectivity index (χ2n) is 2.57. The standard InChI is InChI=1S/C7H3F6NO/c8-2-1-3(15)14-5(7(11,12)13)4(2)6(9)10/h1,6H,(H,14,15). The van der Waals surface area contributed by atoms with Crippen LogP contribution in [0.4, 0.5) is 26.3 Å². The van der Waals surface area contributed by atoms with Crippen LogP contribution in [0.2, 0.25) is 0 Å². The molecule has 0 radical (unpaired) electrons. The number of hydrogen-bond acceptors (Lipinski definition) is 1. The molecule has 1 heterocycles. The summed E-state index contributed by atoms with van der Waals surface area (Å²) in [7, 11) is 0. The van der Waals surface area contributed by atoms with Crippen molar-refractivity contribution < 1.29 is 26.3 Å². The molecule has 2 nitrogen and oxygen atoms in total. The summed E-state index contributed by atoms with van der Waals surface area (Å²) in [5.74, 6) is -1.87. The molecule has 1 rings (SSSR count). The van der Waals surface area contributed by atoms with Gasteiger partial charge in [-0.2, -0.15) is 13.2 Å². The first-order valence-electron chi connectivity index (χ1n) is 3.51. The molecule has 0 fully saturated rings. The summed E-state index contributed by atoms with van der Waals surface area (Å²) >= 11 is 0. The van der Waals surface area contributed by atoms with Gasteiger partial charge in [0.15, 0.2) is 0 Å². The molecule has 0 saturated carbocycles. The number of alkyl halides is 5. The van der Waals surface area contributed by atoms with Crippen LogP contribution < -0.4 is 5.56 Å². The van der Waals surface area contributed by atoms with Gasteiger partial charge in [-0.05, 0) is 0 Å². The van der Waals surface area contributed by atoms with Gasteiger partial charge in [0.25, 0.3) is 12.0 Å². The molecule has 8 heteroatoms. The van der Waals surface area contributed by atoms with E-state index in [9.17, 15) is 31.1 Å². The van der Waals surface area contributed by atoms with Gasteiger partial charge in [-0.3, -0.25) is 4.79 Å². The second-order valence-corrected chi connectivity index (χ2v) is 2.57. The van der Waals surface area contributed by atoms with Crippen LogP contribution in [0, 0.1) is 5.82 Å². The average Bonchev–Trinajstić information content (AvgIpc) is 1.99. The quantitative estimate of drug-likeness (QED) is 0.740. The summed E-state index contributed by atoms with van der Waals surface area (Å²) in [6.45, 7) is 0. The molecule has 1 aromatic rings. The molecule has 0 unspecified atom stereocenters. The smallest absolute Gasteiger partial charge is 0.318 e. The third-order valence-electron chi connectivity index (χ3n) is 1.53. The summed E-state index contributed by atoms with van der Waals surface area (Å²) in [6.07, 6.45) is -8.88. The van der Waals surface area contributed by atoms with Crippen LogP contribution >= 0.6 is 0 Å². The number of H-pyrrole nitrogens is 1. The van der Waals surface area contributed by atoms with Crippen molar-refractivity contribution in [3.8, 4) is 0 Å². The number of aromatic nitrogens is 1. The van der Waals surface area contributed by atoms with Crippen molar-refractivity contribution in [3.05, 3.63) is 33.5 Å². The van der Waals surface area contributed by atoms with Crippen molar-refractivity contribution in [3.63, 3.8) is 0 Å². The van der Waals surface area contributed by atoms with E-state index in [0.717, 1.165) is 4.98 Å². The highest BCUT2D eigenvalue weighted by molar-refractivity contribution is 5.25. The summed E-state index contributed by atoms with van der Waals surface area (Å²) in [5, 5.41) is 0. The maximum absolute atomic E-state index is 12.7. The Morgan fingerprint density at radius 1 is 1.27 bits per heavy atom. The minimum absolute atomic E-state index is 0.0384. The number of hydrogen-bond donors (Lipinski definition) is 1. The Labute approximate surface area is 78.5 Å². The first-order chi connectivity index (χ1) is 6.73. The molecule has 0 aliphatic rings. The van der Waals surface area contributed by atoms with Gasteiger partial charge in [-0.25, -0.2) is 13.2 Å². The number of aromatic amines is 1. The van der Waals surface area contributed by atoms with Gasteiger partial charge in [0.2, 0.25) is 0 Å². The second kappa shape index (κ2) is 3.59. The lowest BCUT2D eigenvalue weighted by molar-refractivity contribution is -0.143. The van der Waals surface area contributed by atoms with Gasteiger partial charge in [-0.15, -0.1) is 0 Å². The van der Waals surface area contributed by atoms with Gasteiger partial charge in [0.05, 0.1) is 5.56 Å². The Morgan fingerprint density at radius 2 is 1.80 bits per heavy atom. The fourth-order valence-electron chi connectivity index (χ4n) is 0.976. The lowest BCUT2D eigenvalue weighted by Crippen LogP contribution is -2.20. The number of rotatable bonds is 1. The van der Waals surface area contributed by atoms with Crippen LogP contribution in [0.1, 0.15) is 17.7 Å². The Balaban J connectivity index is 3.55. The minimum atomic E-state index is -5.23. The monoisotopic (exact) mass is 231 g/mol. The van der Waals surface area contributed by atoms with E-state index in [1.165, 1.54) is 0 Å². The van der Waals surface area contributed by atoms with Gasteiger partial charge >= 0.3 is 6.18 Å². The highest BCUT2D eigenvalue weighted by Gasteiger charge is 2.38. The molecular weight excluding hydrogens is 228 g/mol. The predicted molar refractivity (Wildman–Crippen MR) is 37.0 cm³/mol. The normalized spacial score (nSPS) is 12.2. The first-order valence-corrected chi connectivity index (χ1v) is 3.51. The zero-order valence-corrected chi connectivity index (χ0v) is 6.83. The van der Waals surface area contributed by atoms with Gasteiger partial charge in [0, 0.05) is 6.07 Å². The fraction of sp³-hybridized carbons (Fsp3) is 0.286. The molecule has 15 heavy (non-hydrogen) atoms. The zero-order valence-electron chi connectivity index (χ0n) is 6.83. The molecular formula is C7H3F6NO. The average molecular weight is 231 g/mol. The topological polar surface area (TPSA) is 32.9 Å². The van der Waals surface area contributed by atoms with Crippen molar-refractivity contribution in [1.82, 2.24) is 4.98 Å². The van der Waals surface area contributed by atoms with Crippen LogP contribution in [0.5, 0.6) is 0 Å². The molecule has 0 amide bonds. The van der Waals surface area contributed by atoms with Crippen LogP contribution in [-0.2, 0) is 6.18 Å². The molecule has 0 bridgehead atoms. The van der Waals surface area contributed by atoms with E-state index in [1.54, 1.807) is 0 Å². The van der Waals surface area contributed by atoms with Crippen LogP contribution in [0.15, 0.2) is 10.9 Å². The maximum Gasteiger partial charge on any atom is 0.431 e. The van der Waals surface area contributed by atoms with Crippen molar-refractivity contribution >= 4 is 0 Å². The summed E-state index contributed by atoms with van der Waals surface area (Å²) in [4.78, 5) is 11.6. The SMILES string of the molecule is O=c1cc(F)c(C(F)F)c(C(F)(F)F)[nH]1. The highest BCUT2D eigenvalue weighted by atomic mass is 19.4. The summed E-state index contributed by atoms with van der Waals surface area (Å²) in [6, 6.07) is 0.0384. The Kier molecular flexibility index (Phi) is 2.78.